The van der Waals surface area contributed by atoms with Crippen LogP contribution < -0.4 is 4.31 Å². The summed E-state index contributed by atoms with van der Waals surface area (Å²) in [7, 11) is -2.53. The van der Waals surface area contributed by atoms with Crippen molar-refractivity contribution in [1.29, 1.82) is 0 Å². The van der Waals surface area contributed by atoms with Crippen LogP contribution in [0.4, 0.5) is 10.1 Å². The summed E-state index contributed by atoms with van der Waals surface area (Å²) >= 11 is 0. The summed E-state index contributed by atoms with van der Waals surface area (Å²) in [6.07, 6.45) is 1.24. The fourth-order valence-corrected chi connectivity index (χ4v) is 2.85. The van der Waals surface area contributed by atoms with E-state index in [0.717, 1.165) is 4.31 Å². The first kappa shape index (κ1) is 13.5. The van der Waals surface area contributed by atoms with Gasteiger partial charge in [-0.05, 0) is 24.3 Å². The van der Waals surface area contributed by atoms with Crippen LogP contribution >= 0.6 is 0 Å². The van der Waals surface area contributed by atoms with Crippen LogP contribution in [0.5, 0.6) is 0 Å². The van der Waals surface area contributed by atoms with Crippen LogP contribution in [0.15, 0.2) is 35.5 Å². The van der Waals surface area contributed by atoms with Crippen LogP contribution in [-0.4, -0.2) is 30.8 Å². The molecule has 0 radical (unpaired) electrons. The fourth-order valence-electron chi connectivity index (χ4n) is 1.56. The molecule has 2 aromatic rings. The van der Waals surface area contributed by atoms with E-state index in [1.807, 2.05) is 0 Å². The van der Waals surface area contributed by atoms with Crippen molar-refractivity contribution < 1.29 is 17.9 Å². The van der Waals surface area contributed by atoms with Gasteiger partial charge in [0, 0.05) is 12.6 Å². The van der Waals surface area contributed by atoms with Crippen molar-refractivity contribution in [3.8, 4) is 0 Å². The number of aromatic amines is 1. The molecule has 0 saturated carbocycles. The number of H-pyrrole nitrogens is 1. The summed E-state index contributed by atoms with van der Waals surface area (Å²) in [6, 6.07) is 5.03. The van der Waals surface area contributed by atoms with Crippen molar-refractivity contribution in [3.05, 3.63) is 41.8 Å². The molecule has 8 heteroatoms. The van der Waals surface area contributed by atoms with Gasteiger partial charge in [-0.25, -0.2) is 4.39 Å². The minimum Gasteiger partial charge on any atom is -0.392 e. The number of anilines is 1. The summed E-state index contributed by atoms with van der Waals surface area (Å²) in [5.74, 6) is -0.452. The van der Waals surface area contributed by atoms with E-state index >= 15 is 0 Å². The molecule has 1 heterocycles. The van der Waals surface area contributed by atoms with Crippen LogP contribution in [0.3, 0.4) is 0 Å². The second kappa shape index (κ2) is 4.98. The maximum absolute atomic E-state index is 12.8. The zero-order chi connectivity index (χ0) is 14.0. The highest BCUT2D eigenvalue weighted by atomic mass is 32.2. The molecule has 0 saturated heterocycles. The van der Waals surface area contributed by atoms with E-state index in [4.69, 9.17) is 5.11 Å². The number of hydrogen-bond acceptors (Lipinski definition) is 4. The largest absolute Gasteiger partial charge is 0.392 e. The standard InChI is InChI=1S/C11H12FN3O3S/c1-15(10-4-2-9(12)3-5-10)19(17,18)11-8(7-16)6-13-14-11/h2-6,16H,7H2,1H3,(H,13,14). The van der Waals surface area contributed by atoms with Crippen molar-refractivity contribution >= 4 is 15.7 Å². The summed E-state index contributed by atoms with van der Waals surface area (Å²) in [5.41, 5.74) is 0.480. The molecule has 0 aliphatic rings. The Kier molecular flexibility index (Phi) is 3.54. The lowest BCUT2D eigenvalue weighted by Gasteiger charge is -2.18. The van der Waals surface area contributed by atoms with Gasteiger partial charge in [0.25, 0.3) is 10.0 Å². The molecule has 1 aromatic heterocycles. The van der Waals surface area contributed by atoms with Crippen LogP contribution in [0.2, 0.25) is 0 Å². The molecule has 2 rings (SSSR count). The Morgan fingerprint density at radius 2 is 2.00 bits per heavy atom. The second-order valence-electron chi connectivity index (χ2n) is 3.83. The second-order valence-corrected chi connectivity index (χ2v) is 5.74. The number of aromatic nitrogens is 2. The predicted molar refractivity (Wildman–Crippen MR) is 66.5 cm³/mol. The molecule has 0 spiro atoms. The molecule has 102 valence electrons. The van der Waals surface area contributed by atoms with E-state index in [0.29, 0.717) is 5.69 Å². The first-order valence-corrected chi connectivity index (χ1v) is 6.78. The number of hydrogen-bond donors (Lipinski definition) is 2. The lowest BCUT2D eigenvalue weighted by Crippen LogP contribution is -2.27. The van der Waals surface area contributed by atoms with Crippen molar-refractivity contribution in [2.24, 2.45) is 0 Å². The van der Waals surface area contributed by atoms with Crippen molar-refractivity contribution in [1.82, 2.24) is 10.2 Å². The quantitative estimate of drug-likeness (QED) is 0.872. The number of sulfonamides is 1. The Balaban J connectivity index is 2.42. The SMILES string of the molecule is CN(c1ccc(F)cc1)S(=O)(=O)c1[nH]ncc1CO. The number of benzene rings is 1. The van der Waals surface area contributed by atoms with Crippen molar-refractivity contribution in [2.75, 3.05) is 11.4 Å². The number of rotatable bonds is 4. The normalized spacial score (nSPS) is 11.5. The summed E-state index contributed by atoms with van der Waals surface area (Å²) in [5, 5.41) is 14.8. The highest BCUT2D eigenvalue weighted by Gasteiger charge is 2.26. The number of aliphatic hydroxyl groups excluding tert-OH is 1. The van der Waals surface area contributed by atoms with Crippen molar-refractivity contribution in [2.45, 2.75) is 11.6 Å². The Labute approximate surface area is 109 Å². The van der Waals surface area contributed by atoms with E-state index in [-0.39, 0.29) is 10.6 Å². The maximum Gasteiger partial charge on any atom is 0.281 e. The Hall–Kier alpha value is -1.93. The minimum absolute atomic E-state index is 0.175. The molecule has 2 N–H and O–H groups in total. The molecule has 0 unspecified atom stereocenters. The molecule has 6 nitrogen and oxygen atoms in total. The molecular formula is C11H12FN3O3S. The van der Waals surface area contributed by atoms with Gasteiger partial charge in [-0.1, -0.05) is 0 Å². The molecule has 0 aliphatic heterocycles. The van der Waals surface area contributed by atoms with E-state index in [2.05, 4.69) is 10.2 Å². The van der Waals surface area contributed by atoms with Gasteiger partial charge in [0.05, 0.1) is 18.5 Å². The molecule has 0 amide bonds. The first-order valence-electron chi connectivity index (χ1n) is 5.34. The Morgan fingerprint density at radius 1 is 1.37 bits per heavy atom. The summed E-state index contributed by atoms with van der Waals surface area (Å²) in [6.45, 7) is -0.442. The van der Waals surface area contributed by atoms with Crippen LogP contribution in [-0.2, 0) is 16.6 Å². The monoisotopic (exact) mass is 285 g/mol. The van der Waals surface area contributed by atoms with E-state index in [1.54, 1.807) is 0 Å². The molecule has 0 atom stereocenters. The van der Waals surface area contributed by atoms with Gasteiger partial charge in [-0.2, -0.15) is 13.5 Å². The van der Waals surface area contributed by atoms with Crippen molar-refractivity contribution in [3.63, 3.8) is 0 Å². The molecule has 1 aromatic carbocycles. The summed E-state index contributed by atoms with van der Waals surface area (Å²) < 4.78 is 38.4. The van der Waals surface area contributed by atoms with Gasteiger partial charge in [0.15, 0.2) is 5.03 Å². The average molecular weight is 285 g/mol. The van der Waals surface area contributed by atoms with E-state index in [9.17, 15) is 12.8 Å². The first-order chi connectivity index (χ1) is 8.96. The third kappa shape index (κ3) is 2.45. The third-order valence-corrected chi connectivity index (χ3v) is 4.46. The van der Waals surface area contributed by atoms with E-state index < -0.39 is 22.4 Å². The van der Waals surface area contributed by atoms with Crippen LogP contribution in [0.25, 0.3) is 0 Å². The Bertz CT molecular complexity index is 667. The number of halogens is 1. The van der Waals surface area contributed by atoms with Crippen LogP contribution in [0.1, 0.15) is 5.56 Å². The van der Waals surface area contributed by atoms with E-state index in [1.165, 1.54) is 37.5 Å². The lowest BCUT2D eigenvalue weighted by molar-refractivity contribution is 0.278. The lowest BCUT2D eigenvalue weighted by atomic mass is 10.3. The van der Waals surface area contributed by atoms with Crippen LogP contribution in [0, 0.1) is 5.82 Å². The molecule has 0 aliphatic carbocycles. The smallest absolute Gasteiger partial charge is 0.281 e. The highest BCUT2D eigenvalue weighted by molar-refractivity contribution is 7.92. The molecule has 0 bridgehead atoms. The molecule has 0 fully saturated rings. The molecular weight excluding hydrogens is 273 g/mol. The van der Waals surface area contributed by atoms with Gasteiger partial charge in [0.1, 0.15) is 5.82 Å². The topological polar surface area (TPSA) is 86.3 Å². The highest BCUT2D eigenvalue weighted by Crippen LogP contribution is 2.22. The maximum atomic E-state index is 12.8. The minimum atomic E-state index is -3.87. The zero-order valence-corrected chi connectivity index (χ0v) is 10.9. The average Bonchev–Trinajstić information content (AvgIpc) is 2.87. The van der Waals surface area contributed by atoms with Gasteiger partial charge in [-0.3, -0.25) is 9.40 Å². The number of nitrogens with one attached hydrogen (secondary N) is 1. The summed E-state index contributed by atoms with van der Waals surface area (Å²) in [4.78, 5) is 0. The van der Waals surface area contributed by atoms with Gasteiger partial charge < -0.3 is 5.11 Å². The zero-order valence-electron chi connectivity index (χ0n) is 10.0. The Morgan fingerprint density at radius 3 is 2.58 bits per heavy atom. The third-order valence-electron chi connectivity index (χ3n) is 2.66. The fraction of sp³-hybridized carbons (Fsp3) is 0.182. The van der Waals surface area contributed by atoms with Gasteiger partial charge in [0.2, 0.25) is 0 Å². The number of nitrogens with zero attached hydrogens (tertiary/aromatic N) is 2. The number of aliphatic hydroxyl groups is 1. The molecule has 19 heavy (non-hydrogen) atoms. The van der Waals surface area contributed by atoms with Gasteiger partial charge >= 0.3 is 0 Å². The van der Waals surface area contributed by atoms with Gasteiger partial charge in [-0.15, -0.1) is 0 Å². The predicted octanol–water partition coefficient (Wildman–Crippen LogP) is 0.866.